The molecule has 2 aromatic heterocycles. The Kier molecular flexibility index (Phi) is 9.31. The summed E-state index contributed by atoms with van der Waals surface area (Å²) in [5, 5.41) is 18.2. The van der Waals surface area contributed by atoms with Crippen molar-refractivity contribution in [3.8, 4) is 10.6 Å². The van der Waals surface area contributed by atoms with Crippen molar-refractivity contribution in [2.75, 3.05) is 9.80 Å². The van der Waals surface area contributed by atoms with Gasteiger partial charge < -0.3 is 9.80 Å². The van der Waals surface area contributed by atoms with E-state index in [0.717, 1.165) is 54.9 Å². The lowest BCUT2D eigenvalue weighted by Crippen LogP contribution is -2.11. The fraction of sp³-hybridized carbons (Fsp3) is 0. The van der Waals surface area contributed by atoms with Crippen LogP contribution >= 0.6 is 22.7 Å². The third-order valence-corrected chi connectivity index (χ3v) is 16.8. The zero-order chi connectivity index (χ0) is 47.3. The average Bonchev–Trinajstić information content (AvgIpc) is 4.05. The first-order chi connectivity index (χ1) is 35.7. The SMILES string of the molecule is c1ccc(-c2nc3ccc(N(c4ccc5c(ccc6cc(N(c7ccc8sc9ccccc9c8c7)c7cc8ccccc8c8ccccc78)ccc65)c4)c4cc5ccccc5c5ccccc45)cc3s2)cc1. The molecule has 3 nitrogen and oxygen atoms in total. The molecule has 0 bridgehead atoms. The van der Waals surface area contributed by atoms with Crippen molar-refractivity contribution in [3.05, 3.63) is 249 Å². The molecule has 0 aliphatic carbocycles. The monoisotopic (exact) mass is 951 g/mol. The van der Waals surface area contributed by atoms with E-state index < -0.39 is 0 Å². The summed E-state index contributed by atoms with van der Waals surface area (Å²) in [7, 11) is 0. The number of thiophene rings is 1. The zero-order valence-corrected chi connectivity index (χ0v) is 40.5. The summed E-state index contributed by atoms with van der Waals surface area (Å²) in [6.45, 7) is 0. The van der Waals surface area contributed by atoms with Gasteiger partial charge >= 0.3 is 0 Å². The first-order valence-corrected chi connectivity index (χ1v) is 26.1. The molecular formula is C67H41N3S2. The predicted molar refractivity (Wildman–Crippen MR) is 312 cm³/mol. The van der Waals surface area contributed by atoms with Gasteiger partial charge in [0.1, 0.15) is 5.01 Å². The summed E-state index contributed by atoms with van der Waals surface area (Å²) >= 11 is 3.60. The maximum atomic E-state index is 5.08. The van der Waals surface area contributed by atoms with Crippen molar-refractivity contribution in [1.82, 2.24) is 4.98 Å². The smallest absolute Gasteiger partial charge is 0.124 e. The zero-order valence-electron chi connectivity index (χ0n) is 38.8. The number of nitrogens with zero attached hydrogens (tertiary/aromatic N) is 3. The van der Waals surface area contributed by atoms with Gasteiger partial charge in [-0.2, -0.15) is 0 Å². The lowest BCUT2D eigenvalue weighted by molar-refractivity contribution is 1.31. The molecule has 0 N–H and O–H groups in total. The quantitative estimate of drug-likeness (QED) is 0.148. The van der Waals surface area contributed by atoms with Crippen molar-refractivity contribution in [2.24, 2.45) is 0 Å². The predicted octanol–water partition coefficient (Wildman–Crippen LogP) is 20.2. The summed E-state index contributed by atoms with van der Waals surface area (Å²) in [6.07, 6.45) is 0. The molecule has 0 fully saturated rings. The van der Waals surface area contributed by atoms with E-state index in [2.05, 4.69) is 259 Å². The molecular weight excluding hydrogens is 911 g/mol. The molecule has 0 spiro atoms. The largest absolute Gasteiger partial charge is 0.310 e. The van der Waals surface area contributed by atoms with E-state index in [0.29, 0.717) is 0 Å². The molecule has 15 aromatic rings. The number of aromatic nitrogens is 1. The van der Waals surface area contributed by atoms with E-state index in [1.165, 1.54) is 84.8 Å². The van der Waals surface area contributed by atoms with Gasteiger partial charge in [-0.25, -0.2) is 4.98 Å². The summed E-state index contributed by atoms with van der Waals surface area (Å²) in [5.41, 5.74) is 8.85. The minimum absolute atomic E-state index is 1.00. The highest BCUT2D eigenvalue weighted by Crippen LogP contribution is 2.48. The maximum Gasteiger partial charge on any atom is 0.124 e. The molecule has 0 unspecified atom stereocenters. The van der Waals surface area contributed by atoms with E-state index in [1.54, 1.807) is 11.3 Å². The molecule has 72 heavy (non-hydrogen) atoms. The standard InChI is InChI=1S/C67H41N3S2/c1-2-14-42(15-3-1)67-68-61-34-30-50(41-66(61)72-67)70(63-39-44-17-5-7-19-52(44)56-21-9-11-23-58(56)63)48-29-33-54-46(37-48)27-26-45-36-47(28-32-53(45)54)69(49-31-35-65-60(40-49)59-24-12-13-25-64(59)71-65)62-38-43-16-4-6-18-51(43)55-20-8-10-22-57(55)62/h1-41H. The van der Waals surface area contributed by atoms with Gasteiger partial charge in [-0.15, -0.1) is 22.7 Å². The number of hydrogen-bond donors (Lipinski definition) is 0. The van der Waals surface area contributed by atoms with Crippen LogP contribution in [0.2, 0.25) is 0 Å². The molecule has 0 aliphatic rings. The average molecular weight is 952 g/mol. The highest BCUT2D eigenvalue weighted by Gasteiger charge is 2.22. The Morgan fingerprint density at radius 2 is 0.708 bits per heavy atom. The Labute approximate surface area is 423 Å². The fourth-order valence-corrected chi connectivity index (χ4v) is 13.3. The second-order valence-corrected chi connectivity index (χ2v) is 20.8. The molecule has 0 atom stereocenters. The van der Waals surface area contributed by atoms with Gasteiger partial charge in [0.25, 0.3) is 0 Å². The van der Waals surface area contributed by atoms with Gasteiger partial charge in [-0.05, 0) is 133 Å². The third-order valence-electron chi connectivity index (χ3n) is 14.6. The van der Waals surface area contributed by atoms with Crippen LogP contribution in [0.4, 0.5) is 34.1 Å². The topological polar surface area (TPSA) is 19.4 Å². The van der Waals surface area contributed by atoms with E-state index >= 15 is 0 Å². The molecule has 0 saturated heterocycles. The van der Waals surface area contributed by atoms with Crippen LogP contribution in [0.1, 0.15) is 0 Å². The molecule has 5 heteroatoms. The van der Waals surface area contributed by atoms with Crippen LogP contribution in [0.15, 0.2) is 249 Å². The highest BCUT2D eigenvalue weighted by atomic mass is 32.1. The highest BCUT2D eigenvalue weighted by molar-refractivity contribution is 7.25. The van der Waals surface area contributed by atoms with Crippen molar-refractivity contribution in [3.63, 3.8) is 0 Å². The second-order valence-electron chi connectivity index (χ2n) is 18.7. The Bertz CT molecular complexity index is 4670. The van der Waals surface area contributed by atoms with Gasteiger partial charge in [0, 0.05) is 59.3 Å². The van der Waals surface area contributed by atoms with E-state index in [1.807, 2.05) is 11.3 Å². The van der Waals surface area contributed by atoms with Gasteiger partial charge in [0.2, 0.25) is 0 Å². The van der Waals surface area contributed by atoms with Gasteiger partial charge in [-0.3, -0.25) is 0 Å². The minimum atomic E-state index is 1.00. The molecule has 13 aromatic carbocycles. The molecule has 0 saturated carbocycles. The summed E-state index contributed by atoms with van der Waals surface area (Å²) < 4.78 is 3.75. The number of benzene rings is 13. The van der Waals surface area contributed by atoms with Gasteiger partial charge in [0.15, 0.2) is 0 Å². The number of hydrogen-bond acceptors (Lipinski definition) is 5. The van der Waals surface area contributed by atoms with E-state index in [-0.39, 0.29) is 0 Å². The third kappa shape index (κ3) is 6.59. The van der Waals surface area contributed by atoms with Crippen LogP contribution in [0.25, 0.3) is 106 Å². The first kappa shape index (κ1) is 41.0. The van der Waals surface area contributed by atoms with E-state index in [9.17, 15) is 0 Å². The van der Waals surface area contributed by atoms with Crippen LogP contribution in [0, 0.1) is 0 Å². The lowest BCUT2D eigenvalue weighted by Gasteiger charge is -2.28. The molecule has 0 aliphatic heterocycles. The summed E-state index contributed by atoms with van der Waals surface area (Å²) in [5.74, 6) is 0. The molecule has 2 heterocycles. The lowest BCUT2D eigenvalue weighted by atomic mass is 9.97. The maximum absolute atomic E-state index is 5.08. The van der Waals surface area contributed by atoms with Gasteiger partial charge in [-0.1, -0.05) is 170 Å². The van der Waals surface area contributed by atoms with Crippen molar-refractivity contribution in [1.29, 1.82) is 0 Å². The van der Waals surface area contributed by atoms with Crippen LogP contribution in [-0.4, -0.2) is 4.98 Å². The van der Waals surface area contributed by atoms with Crippen molar-refractivity contribution < 1.29 is 0 Å². The van der Waals surface area contributed by atoms with Crippen LogP contribution in [-0.2, 0) is 0 Å². The molecule has 0 radical (unpaired) electrons. The van der Waals surface area contributed by atoms with Crippen molar-refractivity contribution in [2.45, 2.75) is 0 Å². The Morgan fingerprint density at radius 1 is 0.264 bits per heavy atom. The summed E-state index contributed by atoms with van der Waals surface area (Å²) in [4.78, 5) is 10.0. The molecule has 0 amide bonds. The number of thiazole rings is 1. The van der Waals surface area contributed by atoms with E-state index in [4.69, 9.17) is 4.98 Å². The number of fused-ring (bicyclic) bond motifs is 13. The first-order valence-electron chi connectivity index (χ1n) is 24.4. The second kappa shape index (κ2) is 16.4. The van der Waals surface area contributed by atoms with Crippen LogP contribution < -0.4 is 9.80 Å². The molecule has 336 valence electrons. The van der Waals surface area contributed by atoms with Crippen LogP contribution in [0.5, 0.6) is 0 Å². The Morgan fingerprint density at radius 3 is 1.33 bits per heavy atom. The Balaban J connectivity index is 0.904. The summed E-state index contributed by atoms with van der Waals surface area (Å²) in [6, 6.07) is 91.6. The normalized spacial score (nSPS) is 11.9. The Hall–Kier alpha value is -8.87. The fourth-order valence-electron chi connectivity index (χ4n) is 11.2. The number of anilines is 6. The van der Waals surface area contributed by atoms with Crippen LogP contribution in [0.3, 0.4) is 0 Å². The minimum Gasteiger partial charge on any atom is -0.310 e. The number of rotatable bonds is 7. The van der Waals surface area contributed by atoms with Gasteiger partial charge in [0.05, 0.1) is 21.6 Å². The molecule has 15 rings (SSSR count). The van der Waals surface area contributed by atoms with Crippen molar-refractivity contribution >= 4 is 152 Å².